The number of fused-ring (bicyclic) bond motifs is 2. The van der Waals surface area contributed by atoms with Gasteiger partial charge in [0.1, 0.15) is 24.6 Å². The van der Waals surface area contributed by atoms with Crippen LogP contribution in [-0.4, -0.2) is 75.8 Å². The molecule has 0 aliphatic carbocycles. The largest absolute Gasteiger partial charge is 0.414 e. The maximum Gasteiger partial charge on any atom is 0.335 e. The topological polar surface area (TPSA) is 119 Å². The molecule has 49 heavy (non-hydrogen) atoms. The molecule has 0 unspecified atom stereocenters. The van der Waals surface area contributed by atoms with Crippen LogP contribution in [0, 0.1) is 0 Å². The quantitative estimate of drug-likeness (QED) is 0.217. The molecular formula is C35H57N5O6Si3. The molecule has 2 aliphatic rings. The van der Waals surface area contributed by atoms with Crippen molar-refractivity contribution < 1.29 is 26.9 Å². The molecule has 2 fully saturated rings. The van der Waals surface area contributed by atoms with Gasteiger partial charge in [-0.3, -0.25) is 9.36 Å². The Morgan fingerprint density at radius 1 is 0.939 bits per heavy atom. The Balaban J connectivity index is 1.62. The number of aromatic nitrogens is 4. The number of carbonyl (C=O) groups is 1. The van der Waals surface area contributed by atoms with E-state index in [-0.39, 0.29) is 33.1 Å². The third-order valence-corrected chi connectivity index (χ3v) is 25.5. The van der Waals surface area contributed by atoms with Gasteiger partial charge >= 0.3 is 17.1 Å². The minimum absolute atomic E-state index is 0.0692. The normalized spacial score (nSPS) is 24.4. The molecule has 4 atom stereocenters. The van der Waals surface area contributed by atoms with Gasteiger partial charge in [-0.25, -0.2) is 15.0 Å². The second kappa shape index (κ2) is 14.0. The highest BCUT2D eigenvalue weighted by Gasteiger charge is 2.63. The Bertz CT molecular complexity index is 1590. The molecule has 1 aromatic carbocycles. The molecule has 270 valence electrons. The second-order valence-corrected chi connectivity index (χ2v) is 29.9. The number of anilines is 1. The van der Waals surface area contributed by atoms with Gasteiger partial charge in [-0.2, -0.15) is 0 Å². The van der Waals surface area contributed by atoms with Crippen LogP contribution in [0.15, 0.2) is 43.0 Å². The molecule has 2 saturated heterocycles. The highest BCUT2D eigenvalue weighted by molar-refractivity contribution is 6.84. The first-order valence-electron chi connectivity index (χ1n) is 17.7. The fourth-order valence-corrected chi connectivity index (χ4v) is 19.4. The first-order valence-corrected chi connectivity index (χ1v) is 24.6. The molecule has 11 nitrogen and oxygen atoms in total. The van der Waals surface area contributed by atoms with Gasteiger partial charge in [0.2, 0.25) is 0 Å². The van der Waals surface area contributed by atoms with Gasteiger partial charge in [0.05, 0.1) is 12.9 Å². The monoisotopic (exact) mass is 727 g/mol. The molecule has 14 heteroatoms. The van der Waals surface area contributed by atoms with Crippen LogP contribution < -0.4 is 5.32 Å². The lowest BCUT2D eigenvalue weighted by Gasteiger charge is -2.52. The molecule has 5 rings (SSSR count). The van der Waals surface area contributed by atoms with Gasteiger partial charge in [-0.15, -0.1) is 0 Å². The summed E-state index contributed by atoms with van der Waals surface area (Å²) in [7, 11) is -8.11. The minimum atomic E-state index is -2.96. The van der Waals surface area contributed by atoms with E-state index in [9.17, 15) is 4.79 Å². The molecule has 3 aromatic rings. The second-order valence-electron chi connectivity index (χ2n) is 16.3. The fourth-order valence-electron chi connectivity index (χ4n) is 6.89. The number of carbonyl (C=O) groups excluding carboxylic acids is 1. The van der Waals surface area contributed by atoms with Crippen LogP contribution >= 0.6 is 0 Å². The summed E-state index contributed by atoms with van der Waals surface area (Å²) < 4.78 is 38.4. The van der Waals surface area contributed by atoms with E-state index < -0.39 is 50.0 Å². The molecule has 0 radical (unpaired) electrons. The van der Waals surface area contributed by atoms with Gasteiger partial charge in [0.15, 0.2) is 31.5 Å². The Hall–Kier alpha value is -2.31. The lowest BCUT2D eigenvalue weighted by Crippen LogP contribution is -2.66. The molecule has 1 N–H and O–H groups in total. The smallest absolute Gasteiger partial charge is 0.335 e. The van der Waals surface area contributed by atoms with Gasteiger partial charge in [0.25, 0.3) is 5.91 Å². The van der Waals surface area contributed by atoms with Crippen LogP contribution in [0.5, 0.6) is 0 Å². The third-order valence-electron chi connectivity index (χ3n) is 10.8. The minimum Gasteiger partial charge on any atom is -0.414 e. The van der Waals surface area contributed by atoms with Crippen LogP contribution in [0.3, 0.4) is 0 Å². The van der Waals surface area contributed by atoms with Crippen molar-refractivity contribution in [1.29, 1.82) is 0 Å². The SMILES string of the molecule is CC(C)[Si]1(C(C)C)OC[C@H]2O[C@@H](n3cnc4c(NC(=O)c5ccccc5)ncnc43)[C@H](O[Si](C)(C)C(C)(C)C)[C@@H]2O[Si](C(C)C)(C(C)C)O1. The number of nitrogens with one attached hydrogen (secondary N) is 1. The maximum atomic E-state index is 13.1. The molecule has 4 heterocycles. The number of hydrogen-bond donors (Lipinski definition) is 1. The molecule has 0 bridgehead atoms. The highest BCUT2D eigenvalue weighted by Crippen LogP contribution is 2.50. The molecular weight excluding hydrogens is 671 g/mol. The average Bonchev–Trinajstić information content (AvgIpc) is 3.57. The van der Waals surface area contributed by atoms with Crippen LogP contribution in [-0.2, 0) is 22.1 Å². The van der Waals surface area contributed by atoms with Crippen molar-refractivity contribution in [2.45, 2.75) is 141 Å². The number of amides is 1. The van der Waals surface area contributed by atoms with Gasteiger partial charge in [-0.05, 0) is 52.4 Å². The summed E-state index contributed by atoms with van der Waals surface area (Å²) in [5, 5.41) is 2.86. The number of ether oxygens (including phenoxy) is 1. The first kappa shape index (κ1) is 37.9. The lowest BCUT2D eigenvalue weighted by molar-refractivity contribution is -0.0565. The summed E-state index contributed by atoms with van der Waals surface area (Å²) in [4.78, 5) is 26.9. The molecule has 2 aliphatic heterocycles. The van der Waals surface area contributed by atoms with Gasteiger partial charge in [-0.1, -0.05) is 94.4 Å². The van der Waals surface area contributed by atoms with E-state index >= 15 is 0 Å². The van der Waals surface area contributed by atoms with Gasteiger partial charge in [0, 0.05) is 5.56 Å². The summed E-state index contributed by atoms with van der Waals surface area (Å²) in [6.45, 7) is 29.3. The first-order chi connectivity index (χ1) is 22.8. The summed E-state index contributed by atoms with van der Waals surface area (Å²) in [5.41, 5.74) is 2.26. The third kappa shape index (κ3) is 6.99. The zero-order valence-electron chi connectivity index (χ0n) is 31.6. The Kier molecular flexibility index (Phi) is 10.9. The number of nitrogens with zero attached hydrogens (tertiary/aromatic N) is 4. The molecule has 0 saturated carbocycles. The predicted molar refractivity (Wildman–Crippen MR) is 200 cm³/mol. The Labute approximate surface area is 295 Å². The van der Waals surface area contributed by atoms with E-state index in [0.29, 0.717) is 29.2 Å². The van der Waals surface area contributed by atoms with Crippen molar-refractivity contribution in [3.63, 3.8) is 0 Å². The van der Waals surface area contributed by atoms with Crippen molar-refractivity contribution in [2.24, 2.45) is 0 Å². The van der Waals surface area contributed by atoms with E-state index in [1.807, 2.05) is 22.8 Å². The lowest BCUT2D eigenvalue weighted by atomic mass is 10.1. The summed E-state index contributed by atoms with van der Waals surface area (Å²) in [6.07, 6.45) is 1.18. The maximum absolute atomic E-state index is 13.1. The molecule has 1 amide bonds. The Morgan fingerprint density at radius 3 is 2.12 bits per heavy atom. The summed E-state index contributed by atoms with van der Waals surface area (Å²) in [5.74, 6) is 0.0502. The standard InChI is InChI=1S/C35H57N5O6Si3/c1-22(2)48(23(3)4)42-19-27-29(45-49(46-48,24(5)6)25(7)8)30(44-47(12,13)35(9,10)11)34(43-27)40-21-38-28-31(36-20-37-32(28)40)39-33(41)26-17-15-14-16-18-26/h14-18,20-25,27,29-30,34H,19H2,1-13H3,(H,36,37,39,41)/t27-,29-,30-,34-/m1/s1. The van der Waals surface area contributed by atoms with Crippen LogP contribution in [0.2, 0.25) is 40.3 Å². The number of hydrogen-bond acceptors (Lipinski definition) is 9. The zero-order chi connectivity index (χ0) is 36.1. The van der Waals surface area contributed by atoms with E-state index in [1.54, 1.807) is 18.5 Å². The van der Waals surface area contributed by atoms with E-state index in [4.69, 9.17) is 27.1 Å². The van der Waals surface area contributed by atoms with Crippen LogP contribution in [0.1, 0.15) is 92.7 Å². The molecule has 0 spiro atoms. The zero-order valence-corrected chi connectivity index (χ0v) is 34.6. The summed E-state index contributed by atoms with van der Waals surface area (Å²) >= 11 is 0. The van der Waals surface area contributed by atoms with Crippen molar-refractivity contribution in [3.8, 4) is 0 Å². The average molecular weight is 728 g/mol. The number of benzene rings is 1. The Morgan fingerprint density at radius 2 is 1.55 bits per heavy atom. The van der Waals surface area contributed by atoms with Crippen LogP contribution in [0.4, 0.5) is 5.82 Å². The summed E-state index contributed by atoms with van der Waals surface area (Å²) in [6, 6.07) is 9.04. The van der Waals surface area contributed by atoms with Gasteiger partial charge < -0.3 is 27.4 Å². The van der Waals surface area contributed by atoms with Crippen molar-refractivity contribution in [3.05, 3.63) is 48.5 Å². The predicted octanol–water partition coefficient (Wildman–Crippen LogP) is 8.32. The van der Waals surface area contributed by atoms with E-state index in [1.165, 1.54) is 6.33 Å². The number of imidazole rings is 1. The van der Waals surface area contributed by atoms with E-state index in [2.05, 4.69) is 105 Å². The molecule has 2 aromatic heterocycles. The van der Waals surface area contributed by atoms with Crippen LogP contribution in [0.25, 0.3) is 11.2 Å². The highest BCUT2D eigenvalue weighted by atomic mass is 28.5. The van der Waals surface area contributed by atoms with Crippen molar-refractivity contribution in [2.75, 3.05) is 11.9 Å². The fraction of sp³-hybridized carbons (Fsp3) is 0.657. The van der Waals surface area contributed by atoms with E-state index in [0.717, 1.165) is 0 Å². The van der Waals surface area contributed by atoms with Crippen molar-refractivity contribution in [1.82, 2.24) is 19.5 Å². The van der Waals surface area contributed by atoms with Crippen molar-refractivity contribution >= 4 is 48.3 Å². The number of rotatable bonds is 9.